The standard InChI is InChI=1S/C14H18N4O/c1-15-8-14(19)16-7-10-2-5-13-12(6-10)17-9-18(13)11-3-4-11/h2,5-6,9,11,15H,3-4,7-8H2,1H3,(H,16,19). The number of amides is 1. The summed E-state index contributed by atoms with van der Waals surface area (Å²) in [5, 5.41) is 5.70. The minimum absolute atomic E-state index is 0.00565. The highest BCUT2D eigenvalue weighted by atomic mass is 16.1. The molecule has 0 aliphatic heterocycles. The molecule has 1 saturated carbocycles. The monoisotopic (exact) mass is 258 g/mol. The molecule has 0 bridgehead atoms. The molecule has 0 radical (unpaired) electrons. The molecule has 1 aromatic carbocycles. The average Bonchev–Trinajstić information content (AvgIpc) is 3.17. The van der Waals surface area contributed by atoms with Crippen molar-refractivity contribution in [2.75, 3.05) is 13.6 Å². The Morgan fingerprint density at radius 2 is 2.32 bits per heavy atom. The molecule has 1 aliphatic rings. The van der Waals surface area contributed by atoms with Crippen LogP contribution in [0.4, 0.5) is 0 Å². The Kier molecular flexibility index (Phi) is 3.21. The van der Waals surface area contributed by atoms with Crippen molar-refractivity contribution < 1.29 is 4.79 Å². The summed E-state index contributed by atoms with van der Waals surface area (Å²) < 4.78 is 2.25. The van der Waals surface area contributed by atoms with E-state index < -0.39 is 0 Å². The topological polar surface area (TPSA) is 59.0 Å². The molecule has 19 heavy (non-hydrogen) atoms. The van der Waals surface area contributed by atoms with Crippen molar-refractivity contribution in [3.05, 3.63) is 30.1 Å². The maximum absolute atomic E-state index is 11.4. The number of imidazole rings is 1. The van der Waals surface area contributed by atoms with Gasteiger partial charge in [0.15, 0.2) is 0 Å². The van der Waals surface area contributed by atoms with E-state index in [1.165, 1.54) is 18.4 Å². The van der Waals surface area contributed by atoms with E-state index in [2.05, 4.69) is 32.3 Å². The SMILES string of the molecule is CNCC(=O)NCc1ccc2c(c1)ncn2C1CC1. The zero-order valence-corrected chi connectivity index (χ0v) is 11.0. The summed E-state index contributed by atoms with van der Waals surface area (Å²) in [6, 6.07) is 6.85. The van der Waals surface area contributed by atoms with Crippen LogP contribution in [0.15, 0.2) is 24.5 Å². The van der Waals surface area contributed by atoms with Crippen molar-refractivity contribution in [2.24, 2.45) is 0 Å². The van der Waals surface area contributed by atoms with Crippen LogP contribution in [0.1, 0.15) is 24.4 Å². The number of nitrogens with one attached hydrogen (secondary N) is 2. The number of hydrogen-bond acceptors (Lipinski definition) is 3. The molecule has 0 unspecified atom stereocenters. The molecular weight excluding hydrogens is 240 g/mol. The molecule has 5 heteroatoms. The third-order valence-corrected chi connectivity index (χ3v) is 3.41. The van der Waals surface area contributed by atoms with Crippen molar-refractivity contribution >= 4 is 16.9 Å². The minimum atomic E-state index is 0.00565. The summed E-state index contributed by atoms with van der Waals surface area (Å²) in [5.74, 6) is 0.00565. The number of nitrogens with zero attached hydrogens (tertiary/aromatic N) is 2. The molecule has 0 atom stereocenters. The van der Waals surface area contributed by atoms with Gasteiger partial charge in [0.2, 0.25) is 5.91 Å². The molecule has 1 aromatic heterocycles. The van der Waals surface area contributed by atoms with Crippen LogP contribution >= 0.6 is 0 Å². The number of carbonyl (C=O) groups excluding carboxylic acids is 1. The van der Waals surface area contributed by atoms with Crippen LogP contribution in [0, 0.1) is 0 Å². The Hall–Kier alpha value is -1.88. The summed E-state index contributed by atoms with van der Waals surface area (Å²) in [5.41, 5.74) is 3.28. The van der Waals surface area contributed by atoms with E-state index in [0.29, 0.717) is 19.1 Å². The summed E-state index contributed by atoms with van der Waals surface area (Å²) in [6.07, 6.45) is 4.44. The zero-order chi connectivity index (χ0) is 13.2. The quantitative estimate of drug-likeness (QED) is 0.847. The highest BCUT2D eigenvalue weighted by Crippen LogP contribution is 2.37. The normalized spacial score (nSPS) is 14.8. The first-order valence-corrected chi connectivity index (χ1v) is 6.64. The third-order valence-electron chi connectivity index (χ3n) is 3.41. The van der Waals surface area contributed by atoms with Crippen molar-refractivity contribution in [1.82, 2.24) is 20.2 Å². The fourth-order valence-electron chi connectivity index (χ4n) is 2.25. The molecule has 5 nitrogen and oxygen atoms in total. The second-order valence-corrected chi connectivity index (χ2v) is 5.01. The maximum Gasteiger partial charge on any atom is 0.234 e. The summed E-state index contributed by atoms with van der Waals surface area (Å²) in [7, 11) is 1.76. The Morgan fingerprint density at radius 1 is 1.47 bits per heavy atom. The lowest BCUT2D eigenvalue weighted by Gasteiger charge is -2.05. The lowest BCUT2D eigenvalue weighted by molar-refractivity contribution is -0.120. The van der Waals surface area contributed by atoms with Crippen LogP contribution in [0.3, 0.4) is 0 Å². The molecule has 1 aliphatic carbocycles. The molecule has 2 aromatic rings. The number of hydrogen-bond donors (Lipinski definition) is 2. The largest absolute Gasteiger partial charge is 0.351 e. The lowest BCUT2D eigenvalue weighted by atomic mass is 10.2. The Bertz CT molecular complexity index is 601. The van der Waals surface area contributed by atoms with Gasteiger partial charge in [0.25, 0.3) is 0 Å². The van der Waals surface area contributed by atoms with E-state index in [1.54, 1.807) is 7.05 Å². The third kappa shape index (κ3) is 2.61. The first-order valence-electron chi connectivity index (χ1n) is 6.64. The van der Waals surface area contributed by atoms with E-state index in [-0.39, 0.29) is 5.91 Å². The average molecular weight is 258 g/mol. The van der Waals surface area contributed by atoms with Crippen molar-refractivity contribution in [3.8, 4) is 0 Å². The zero-order valence-electron chi connectivity index (χ0n) is 11.0. The second kappa shape index (κ2) is 5.01. The van der Waals surface area contributed by atoms with Gasteiger partial charge in [-0.1, -0.05) is 6.07 Å². The van der Waals surface area contributed by atoms with Gasteiger partial charge in [-0.3, -0.25) is 4.79 Å². The minimum Gasteiger partial charge on any atom is -0.351 e. The van der Waals surface area contributed by atoms with E-state index in [9.17, 15) is 4.79 Å². The van der Waals surface area contributed by atoms with E-state index >= 15 is 0 Å². The lowest BCUT2D eigenvalue weighted by Crippen LogP contribution is -2.31. The van der Waals surface area contributed by atoms with Crippen LogP contribution in [-0.2, 0) is 11.3 Å². The molecular formula is C14H18N4O. The van der Waals surface area contributed by atoms with Crippen LogP contribution in [0.25, 0.3) is 11.0 Å². The first-order chi connectivity index (χ1) is 9.28. The molecule has 0 saturated heterocycles. The number of rotatable bonds is 5. The van der Waals surface area contributed by atoms with E-state index in [0.717, 1.165) is 11.1 Å². The Morgan fingerprint density at radius 3 is 3.05 bits per heavy atom. The van der Waals surface area contributed by atoms with Crippen molar-refractivity contribution in [3.63, 3.8) is 0 Å². The van der Waals surface area contributed by atoms with Gasteiger partial charge in [-0.05, 0) is 37.6 Å². The van der Waals surface area contributed by atoms with Gasteiger partial charge < -0.3 is 15.2 Å². The molecule has 2 N–H and O–H groups in total. The molecule has 3 rings (SSSR count). The van der Waals surface area contributed by atoms with Gasteiger partial charge in [-0.2, -0.15) is 0 Å². The molecule has 100 valence electrons. The maximum atomic E-state index is 11.4. The molecule has 1 heterocycles. The van der Waals surface area contributed by atoms with Crippen molar-refractivity contribution in [1.29, 1.82) is 0 Å². The van der Waals surface area contributed by atoms with Crippen molar-refractivity contribution in [2.45, 2.75) is 25.4 Å². The molecule has 1 fully saturated rings. The van der Waals surface area contributed by atoms with Crippen LogP contribution in [-0.4, -0.2) is 29.1 Å². The van der Waals surface area contributed by atoms with Gasteiger partial charge in [-0.15, -0.1) is 0 Å². The number of aromatic nitrogens is 2. The van der Waals surface area contributed by atoms with Crippen LogP contribution in [0.5, 0.6) is 0 Å². The summed E-state index contributed by atoms with van der Waals surface area (Å²) in [6.45, 7) is 0.894. The van der Waals surface area contributed by atoms with Crippen LogP contribution in [0.2, 0.25) is 0 Å². The van der Waals surface area contributed by atoms with Gasteiger partial charge in [0, 0.05) is 12.6 Å². The van der Waals surface area contributed by atoms with Gasteiger partial charge in [-0.25, -0.2) is 4.98 Å². The highest BCUT2D eigenvalue weighted by Gasteiger charge is 2.24. The number of fused-ring (bicyclic) bond motifs is 1. The molecule has 0 spiro atoms. The second-order valence-electron chi connectivity index (χ2n) is 5.01. The predicted molar refractivity (Wildman–Crippen MR) is 73.8 cm³/mol. The van der Waals surface area contributed by atoms with E-state index in [1.807, 2.05) is 12.4 Å². The first kappa shape index (κ1) is 12.2. The number of likely N-dealkylation sites (N-methyl/N-ethyl adjacent to an activating group) is 1. The number of carbonyl (C=O) groups is 1. The molecule has 1 amide bonds. The predicted octanol–water partition coefficient (Wildman–Crippen LogP) is 1.21. The van der Waals surface area contributed by atoms with Gasteiger partial charge >= 0.3 is 0 Å². The van der Waals surface area contributed by atoms with Gasteiger partial charge in [0.05, 0.1) is 23.9 Å². The smallest absolute Gasteiger partial charge is 0.234 e. The van der Waals surface area contributed by atoms with E-state index in [4.69, 9.17) is 0 Å². The van der Waals surface area contributed by atoms with Crippen LogP contribution < -0.4 is 10.6 Å². The Labute approximate surface area is 112 Å². The summed E-state index contributed by atoms with van der Waals surface area (Å²) in [4.78, 5) is 15.8. The highest BCUT2D eigenvalue weighted by molar-refractivity contribution is 5.79. The Balaban J connectivity index is 1.73. The summed E-state index contributed by atoms with van der Waals surface area (Å²) >= 11 is 0. The number of benzene rings is 1. The van der Waals surface area contributed by atoms with Gasteiger partial charge in [0.1, 0.15) is 0 Å². The fourth-order valence-corrected chi connectivity index (χ4v) is 2.25. The fraction of sp³-hybridized carbons (Fsp3) is 0.429.